The highest BCUT2D eigenvalue weighted by Crippen LogP contribution is 2.28. The maximum absolute atomic E-state index is 13.9. The number of methoxy groups -OCH3 is 1. The first-order chi connectivity index (χ1) is 20.2. The Morgan fingerprint density at radius 3 is 2.29 bits per heavy atom. The zero-order valence-corrected chi connectivity index (χ0v) is 23.6. The summed E-state index contributed by atoms with van der Waals surface area (Å²) >= 11 is 0. The fraction of sp³-hybridized carbons (Fsp3) is 0.323. The SMILES string of the molecule is COc1ccc(CNC(=O)N2[C@H]3CN(CCc4ccc(F)cc4)C(=O)C(Cc4ccc(O)cc4)N3C(=O)CN2C)cc1. The van der Waals surface area contributed by atoms with Crippen LogP contribution in [0.4, 0.5) is 9.18 Å². The molecule has 1 unspecified atom stereocenters. The maximum atomic E-state index is 13.9. The molecule has 0 bridgehead atoms. The first kappa shape index (κ1) is 28.9. The number of nitrogens with one attached hydrogen (secondary N) is 1. The Balaban J connectivity index is 1.40. The van der Waals surface area contributed by atoms with Crippen LogP contribution in [0.5, 0.6) is 11.5 Å². The number of amides is 4. The molecule has 5 rings (SSSR count). The van der Waals surface area contributed by atoms with Crippen LogP contribution in [0.3, 0.4) is 0 Å². The number of benzene rings is 3. The molecule has 2 aliphatic heterocycles. The topological polar surface area (TPSA) is 106 Å². The van der Waals surface area contributed by atoms with Gasteiger partial charge in [0.1, 0.15) is 29.5 Å². The molecule has 10 nitrogen and oxygen atoms in total. The molecule has 220 valence electrons. The van der Waals surface area contributed by atoms with E-state index in [9.17, 15) is 23.9 Å². The van der Waals surface area contributed by atoms with E-state index in [0.717, 1.165) is 16.7 Å². The lowest BCUT2D eigenvalue weighted by molar-refractivity contribution is -0.186. The van der Waals surface area contributed by atoms with Crippen LogP contribution in [-0.4, -0.2) is 88.8 Å². The first-order valence-electron chi connectivity index (χ1n) is 13.8. The molecule has 3 aromatic rings. The molecule has 0 aromatic heterocycles. The number of nitrogens with zero attached hydrogens (tertiary/aromatic N) is 4. The Morgan fingerprint density at radius 1 is 0.976 bits per heavy atom. The van der Waals surface area contributed by atoms with Gasteiger partial charge in [0.25, 0.3) is 0 Å². The van der Waals surface area contributed by atoms with Crippen LogP contribution in [-0.2, 0) is 29.0 Å². The largest absolute Gasteiger partial charge is 0.508 e. The van der Waals surface area contributed by atoms with Gasteiger partial charge in [-0.1, -0.05) is 36.4 Å². The highest BCUT2D eigenvalue weighted by atomic mass is 19.1. The quantitative estimate of drug-likeness (QED) is 0.428. The van der Waals surface area contributed by atoms with Crippen LogP contribution < -0.4 is 10.1 Å². The lowest BCUT2D eigenvalue weighted by Gasteiger charge is -2.54. The molecule has 0 aliphatic carbocycles. The Labute approximate surface area is 243 Å². The van der Waals surface area contributed by atoms with Crippen molar-refractivity contribution in [3.05, 3.63) is 95.3 Å². The summed E-state index contributed by atoms with van der Waals surface area (Å²) in [4.78, 5) is 44.1. The van der Waals surface area contributed by atoms with E-state index < -0.39 is 18.2 Å². The Morgan fingerprint density at radius 2 is 1.62 bits per heavy atom. The van der Waals surface area contributed by atoms with Gasteiger partial charge in [-0.2, -0.15) is 0 Å². The summed E-state index contributed by atoms with van der Waals surface area (Å²) in [7, 11) is 3.26. The van der Waals surface area contributed by atoms with Gasteiger partial charge in [-0.25, -0.2) is 19.2 Å². The van der Waals surface area contributed by atoms with Gasteiger partial charge in [-0.05, 0) is 59.5 Å². The number of phenolic OH excluding ortho intramolecular Hbond substituents is 1. The lowest BCUT2D eigenvalue weighted by atomic mass is 9.98. The number of ether oxygens (including phenoxy) is 1. The predicted molar refractivity (Wildman–Crippen MR) is 153 cm³/mol. The molecule has 0 spiro atoms. The van der Waals surface area contributed by atoms with E-state index in [1.807, 2.05) is 24.3 Å². The lowest BCUT2D eigenvalue weighted by Crippen LogP contribution is -2.76. The van der Waals surface area contributed by atoms with Gasteiger partial charge in [0.2, 0.25) is 11.8 Å². The van der Waals surface area contributed by atoms with Gasteiger partial charge in [0.05, 0.1) is 20.2 Å². The number of hydrogen-bond donors (Lipinski definition) is 2. The Kier molecular flexibility index (Phi) is 8.58. The number of fused-ring (bicyclic) bond motifs is 1. The van der Waals surface area contributed by atoms with Crippen LogP contribution >= 0.6 is 0 Å². The zero-order valence-electron chi connectivity index (χ0n) is 23.6. The van der Waals surface area contributed by atoms with Crippen molar-refractivity contribution in [2.24, 2.45) is 0 Å². The number of piperazine rings is 1. The van der Waals surface area contributed by atoms with Crippen LogP contribution in [0.2, 0.25) is 0 Å². The number of carbonyl (C=O) groups excluding carboxylic acids is 3. The number of rotatable bonds is 8. The number of aromatic hydroxyl groups is 1. The van der Waals surface area contributed by atoms with Gasteiger partial charge >= 0.3 is 6.03 Å². The number of halogens is 1. The van der Waals surface area contributed by atoms with Gasteiger partial charge in [0.15, 0.2) is 0 Å². The second kappa shape index (κ2) is 12.5. The third kappa shape index (κ3) is 6.31. The van der Waals surface area contributed by atoms with Gasteiger partial charge < -0.3 is 25.0 Å². The monoisotopic (exact) mass is 575 g/mol. The van der Waals surface area contributed by atoms with E-state index in [1.165, 1.54) is 34.2 Å². The fourth-order valence-electron chi connectivity index (χ4n) is 5.48. The summed E-state index contributed by atoms with van der Waals surface area (Å²) < 4.78 is 18.6. The summed E-state index contributed by atoms with van der Waals surface area (Å²) in [6.45, 7) is 0.650. The predicted octanol–water partition coefficient (Wildman–Crippen LogP) is 2.76. The van der Waals surface area contributed by atoms with E-state index in [2.05, 4.69) is 5.32 Å². The van der Waals surface area contributed by atoms with E-state index in [1.54, 1.807) is 48.3 Å². The number of hydrazine groups is 1. The van der Waals surface area contributed by atoms with Gasteiger partial charge in [-0.15, -0.1) is 0 Å². The minimum Gasteiger partial charge on any atom is -0.508 e. The molecule has 2 aliphatic rings. The molecule has 2 saturated heterocycles. The molecule has 0 saturated carbocycles. The van der Waals surface area contributed by atoms with Crippen molar-refractivity contribution in [2.75, 3.05) is 33.8 Å². The number of hydrogen-bond acceptors (Lipinski definition) is 6. The number of phenols is 1. The van der Waals surface area contributed by atoms with Crippen molar-refractivity contribution >= 4 is 17.8 Å². The molecular weight excluding hydrogens is 541 g/mol. The van der Waals surface area contributed by atoms with E-state index in [0.29, 0.717) is 18.7 Å². The third-order valence-electron chi connectivity index (χ3n) is 7.70. The summed E-state index contributed by atoms with van der Waals surface area (Å²) in [5.74, 6) is -0.00225. The highest BCUT2D eigenvalue weighted by Gasteiger charge is 2.50. The van der Waals surface area contributed by atoms with Crippen molar-refractivity contribution in [1.29, 1.82) is 0 Å². The highest BCUT2D eigenvalue weighted by molar-refractivity contribution is 5.91. The number of likely N-dealkylation sites (N-methyl/N-ethyl adjacent to an activating group) is 1. The van der Waals surface area contributed by atoms with Crippen LogP contribution in [0, 0.1) is 5.82 Å². The van der Waals surface area contributed by atoms with Crippen LogP contribution in [0.15, 0.2) is 72.8 Å². The molecule has 2 heterocycles. The summed E-state index contributed by atoms with van der Waals surface area (Å²) in [5, 5.41) is 15.8. The first-order valence-corrected chi connectivity index (χ1v) is 13.8. The van der Waals surface area contributed by atoms with Crippen molar-refractivity contribution < 1.29 is 28.6 Å². The van der Waals surface area contributed by atoms with Crippen LogP contribution in [0.25, 0.3) is 0 Å². The Hall–Kier alpha value is -4.64. The third-order valence-corrected chi connectivity index (χ3v) is 7.70. The molecule has 0 radical (unpaired) electrons. The maximum Gasteiger partial charge on any atom is 0.334 e. The second-order valence-corrected chi connectivity index (χ2v) is 10.5. The van der Waals surface area contributed by atoms with E-state index >= 15 is 0 Å². The molecule has 3 aromatic carbocycles. The number of carbonyl (C=O) groups is 3. The van der Waals surface area contributed by atoms with Crippen LogP contribution in [0.1, 0.15) is 16.7 Å². The summed E-state index contributed by atoms with van der Waals surface area (Å²) in [5.41, 5.74) is 2.52. The average molecular weight is 576 g/mol. The van der Waals surface area contributed by atoms with Crippen molar-refractivity contribution in [1.82, 2.24) is 25.1 Å². The molecule has 4 amide bonds. The molecule has 2 fully saturated rings. The van der Waals surface area contributed by atoms with Crippen molar-refractivity contribution in [3.8, 4) is 11.5 Å². The minimum absolute atomic E-state index is 0.0681. The summed E-state index contributed by atoms with van der Waals surface area (Å²) in [6.07, 6.45) is -0.0301. The van der Waals surface area contributed by atoms with Gasteiger partial charge in [0, 0.05) is 26.6 Å². The second-order valence-electron chi connectivity index (χ2n) is 10.5. The molecular formula is C31H34FN5O5. The fourth-order valence-corrected chi connectivity index (χ4v) is 5.48. The van der Waals surface area contributed by atoms with Crippen molar-refractivity contribution in [3.63, 3.8) is 0 Å². The molecule has 2 N–H and O–H groups in total. The minimum atomic E-state index is -0.848. The van der Waals surface area contributed by atoms with Gasteiger partial charge in [-0.3, -0.25) is 9.59 Å². The molecule has 42 heavy (non-hydrogen) atoms. The zero-order chi connectivity index (χ0) is 29.8. The van der Waals surface area contributed by atoms with E-state index in [-0.39, 0.29) is 49.4 Å². The van der Waals surface area contributed by atoms with E-state index in [4.69, 9.17) is 4.74 Å². The summed E-state index contributed by atoms with van der Waals surface area (Å²) in [6, 6.07) is 18.7. The molecule has 2 atom stereocenters. The van der Waals surface area contributed by atoms with Crippen molar-refractivity contribution in [2.45, 2.75) is 31.6 Å². The Bertz CT molecular complexity index is 1420. The normalized spacial score (nSPS) is 19.1. The standard InChI is InChI=1S/C31H34FN5O5/c1-34-20-29(39)36-27(17-22-5-11-25(38)12-6-22)30(40)35(16-15-21-3-9-24(32)10-4-21)19-28(36)37(34)31(41)33-18-23-7-13-26(42-2)14-8-23/h3-14,27-28,38H,15-20H2,1-2H3,(H,33,41)/t27?,28-/m0/s1. The smallest absolute Gasteiger partial charge is 0.334 e. The average Bonchev–Trinajstić information content (AvgIpc) is 2.98. The molecule has 11 heteroatoms. The number of urea groups is 1.